The zero-order valence-corrected chi connectivity index (χ0v) is 51.7. The van der Waals surface area contributed by atoms with Crippen LogP contribution in [-0.4, -0.2) is 0 Å². The van der Waals surface area contributed by atoms with Crippen LogP contribution >= 0.6 is 0 Å². The normalized spacial score (nSPS) is 12.1. The van der Waals surface area contributed by atoms with Crippen molar-refractivity contribution >= 4 is 100.0 Å². The van der Waals surface area contributed by atoms with Gasteiger partial charge in [-0.2, -0.15) is 0 Å². The van der Waals surface area contributed by atoms with E-state index in [9.17, 15) is 0 Å². The van der Waals surface area contributed by atoms with E-state index in [-0.39, 0.29) is 0 Å². The Balaban J connectivity index is 0.732. The standard InChI is InChI=1S/C88H64N4O2/c1-3-27-77(28-4-1)93-79-59-55-75(56-60-79)91(87-37-17-25-67-21-9-13-33-83(67)87)73-51-47-71(48-52-73)89(85-35-15-23-65-19-7-11-31-81(65)85)69-43-39-63(40-44-69)64-41-45-70(46-42-64)90(86-36-16-24-66-20-8-12-32-82(66)86)72-49-53-74(54-50-72)92(88-38-18-26-68-22-10-14-34-84(68)88)76-57-61-80(62-58-76)94-78-29-5-2-6-30-78/h1-49,51-53,55-62H,50,54H2. The summed E-state index contributed by atoms with van der Waals surface area (Å²) in [6.45, 7) is 0. The first-order valence-electron chi connectivity index (χ1n) is 32.1. The quantitative estimate of drug-likeness (QED) is 0.0903. The minimum atomic E-state index is 0.774. The molecular formula is C88H64N4O2. The number of allylic oxidation sites excluding steroid dienone is 4. The molecule has 0 saturated carbocycles. The van der Waals surface area contributed by atoms with Crippen LogP contribution in [-0.2, 0) is 0 Å². The number of ether oxygens (including phenoxy) is 2. The molecule has 1 aliphatic rings. The highest BCUT2D eigenvalue weighted by molar-refractivity contribution is 6.02. The van der Waals surface area contributed by atoms with Crippen LogP contribution in [0.15, 0.2) is 375 Å². The molecule has 1 aliphatic carbocycles. The Morgan fingerprint density at radius 3 is 0.734 bits per heavy atom. The van der Waals surface area contributed by atoms with E-state index < -0.39 is 0 Å². The first-order chi connectivity index (χ1) is 46.6. The maximum absolute atomic E-state index is 6.27. The minimum absolute atomic E-state index is 0.774. The number of anilines is 10. The van der Waals surface area contributed by atoms with Crippen molar-refractivity contribution in [3.8, 4) is 34.1 Å². The molecule has 6 nitrogen and oxygen atoms in total. The van der Waals surface area contributed by atoms with Crippen molar-refractivity contribution in [1.29, 1.82) is 0 Å². The van der Waals surface area contributed by atoms with E-state index in [1.54, 1.807) is 0 Å². The van der Waals surface area contributed by atoms with Gasteiger partial charge >= 0.3 is 0 Å². The molecule has 94 heavy (non-hydrogen) atoms. The summed E-state index contributed by atoms with van der Waals surface area (Å²) in [7, 11) is 0. The maximum Gasteiger partial charge on any atom is 0.127 e. The zero-order chi connectivity index (χ0) is 62.6. The van der Waals surface area contributed by atoms with Crippen LogP contribution in [0.1, 0.15) is 12.8 Å². The van der Waals surface area contributed by atoms with E-state index in [1.165, 1.54) is 49.1 Å². The van der Waals surface area contributed by atoms with Gasteiger partial charge in [0.05, 0.1) is 22.7 Å². The third-order valence-electron chi connectivity index (χ3n) is 17.8. The smallest absolute Gasteiger partial charge is 0.127 e. The third kappa shape index (κ3) is 11.4. The highest BCUT2D eigenvalue weighted by atomic mass is 16.5. The van der Waals surface area contributed by atoms with Gasteiger partial charge in [-0.1, -0.05) is 206 Å². The Kier molecular flexibility index (Phi) is 15.4. The lowest BCUT2D eigenvalue weighted by atomic mass is 9.99. The molecule has 15 aromatic carbocycles. The Morgan fingerprint density at radius 2 is 0.426 bits per heavy atom. The monoisotopic (exact) mass is 1210 g/mol. The lowest BCUT2D eigenvalue weighted by Gasteiger charge is -2.34. The first-order valence-corrected chi connectivity index (χ1v) is 32.1. The second-order valence-corrected chi connectivity index (χ2v) is 23.6. The van der Waals surface area contributed by atoms with Crippen LogP contribution < -0.4 is 29.1 Å². The molecule has 6 heteroatoms. The molecule has 0 amide bonds. The lowest BCUT2D eigenvalue weighted by molar-refractivity contribution is 0.482. The number of rotatable bonds is 17. The summed E-state index contributed by atoms with van der Waals surface area (Å²) in [6.07, 6.45) is 6.28. The van der Waals surface area contributed by atoms with Crippen molar-refractivity contribution in [2.45, 2.75) is 12.8 Å². The Labute approximate surface area is 548 Å². The van der Waals surface area contributed by atoms with Gasteiger partial charge in [0, 0.05) is 67.1 Å². The summed E-state index contributed by atoms with van der Waals surface area (Å²) < 4.78 is 12.5. The zero-order valence-electron chi connectivity index (χ0n) is 51.7. The molecule has 0 N–H and O–H groups in total. The summed E-state index contributed by atoms with van der Waals surface area (Å²) in [4.78, 5) is 9.62. The second kappa shape index (κ2) is 25.5. The fraction of sp³-hybridized carbons (Fsp3) is 0.0227. The minimum Gasteiger partial charge on any atom is -0.457 e. The predicted octanol–water partition coefficient (Wildman–Crippen LogP) is 25.0. The van der Waals surface area contributed by atoms with Crippen molar-refractivity contribution in [3.63, 3.8) is 0 Å². The number of para-hydroxylation sites is 2. The van der Waals surface area contributed by atoms with Crippen LogP contribution in [0.5, 0.6) is 23.0 Å². The molecular weight excluding hydrogens is 1140 g/mol. The molecule has 0 spiro atoms. The first kappa shape index (κ1) is 56.8. The molecule has 0 fully saturated rings. The molecule has 0 radical (unpaired) electrons. The number of hydrogen-bond donors (Lipinski definition) is 0. The summed E-state index contributed by atoms with van der Waals surface area (Å²) >= 11 is 0. The molecule has 0 saturated heterocycles. The fourth-order valence-corrected chi connectivity index (χ4v) is 13.3. The molecule has 0 bridgehead atoms. The largest absolute Gasteiger partial charge is 0.457 e. The van der Waals surface area contributed by atoms with Crippen molar-refractivity contribution < 1.29 is 9.47 Å². The summed E-state index contributed by atoms with van der Waals surface area (Å²) in [5, 5.41) is 9.47. The van der Waals surface area contributed by atoms with E-state index >= 15 is 0 Å². The number of hydrogen-bond acceptors (Lipinski definition) is 6. The van der Waals surface area contributed by atoms with Gasteiger partial charge in [0.2, 0.25) is 0 Å². The van der Waals surface area contributed by atoms with E-state index in [4.69, 9.17) is 9.47 Å². The lowest BCUT2D eigenvalue weighted by Crippen LogP contribution is -2.22. The van der Waals surface area contributed by atoms with Crippen LogP contribution in [0.3, 0.4) is 0 Å². The number of nitrogens with zero attached hydrogens (tertiary/aromatic N) is 4. The van der Waals surface area contributed by atoms with Crippen molar-refractivity contribution in [2.24, 2.45) is 0 Å². The van der Waals surface area contributed by atoms with E-state index in [0.29, 0.717) is 0 Å². The van der Waals surface area contributed by atoms with Gasteiger partial charge in [0.25, 0.3) is 0 Å². The van der Waals surface area contributed by atoms with Gasteiger partial charge in [0.15, 0.2) is 0 Å². The number of benzene rings is 15. The van der Waals surface area contributed by atoms with E-state index in [1.807, 2.05) is 72.8 Å². The maximum atomic E-state index is 6.27. The molecule has 0 atom stereocenters. The van der Waals surface area contributed by atoms with Crippen molar-refractivity contribution in [1.82, 2.24) is 0 Å². The van der Waals surface area contributed by atoms with Crippen LogP contribution in [0.2, 0.25) is 0 Å². The Morgan fingerprint density at radius 1 is 0.191 bits per heavy atom. The summed E-state index contributed by atoms with van der Waals surface area (Å²) in [5.74, 6) is 3.17. The van der Waals surface area contributed by atoms with Crippen LogP contribution in [0, 0.1) is 0 Å². The summed E-state index contributed by atoms with van der Waals surface area (Å²) in [5.41, 5.74) is 15.5. The molecule has 0 heterocycles. The van der Waals surface area contributed by atoms with Gasteiger partial charge in [0.1, 0.15) is 23.0 Å². The number of fused-ring (bicyclic) bond motifs is 4. The highest BCUT2D eigenvalue weighted by Crippen LogP contribution is 2.47. The average Bonchev–Trinajstić information content (AvgIpc) is 0.821. The van der Waals surface area contributed by atoms with Gasteiger partial charge < -0.3 is 29.1 Å². The molecule has 0 aromatic heterocycles. The predicted molar refractivity (Wildman–Crippen MR) is 393 cm³/mol. The molecule has 448 valence electrons. The van der Waals surface area contributed by atoms with Gasteiger partial charge in [-0.3, -0.25) is 0 Å². The topological polar surface area (TPSA) is 31.4 Å². The highest BCUT2D eigenvalue weighted by Gasteiger charge is 2.25. The molecule has 16 rings (SSSR count). The Hall–Kier alpha value is -12.4. The van der Waals surface area contributed by atoms with Gasteiger partial charge in [-0.05, 0) is 203 Å². The van der Waals surface area contributed by atoms with E-state index in [0.717, 1.165) is 109 Å². The average molecular weight is 1210 g/mol. The fourth-order valence-electron chi connectivity index (χ4n) is 13.3. The summed E-state index contributed by atoms with van der Waals surface area (Å²) in [6, 6.07) is 125. The van der Waals surface area contributed by atoms with Crippen molar-refractivity contribution in [2.75, 3.05) is 19.6 Å². The third-order valence-corrected chi connectivity index (χ3v) is 17.8. The molecule has 0 unspecified atom stereocenters. The molecule has 15 aromatic rings. The molecule has 0 aliphatic heterocycles. The SMILES string of the molecule is C1=C(N(c2ccc(Oc3ccccc3)cc2)c2cccc3ccccc23)CCC(N(c2ccc(-c3ccc(N(c4ccc(N(c5ccc(Oc6ccccc6)cc5)c5cccc6ccccc56)cc4)c4cccc5ccccc45)cc3)cc2)c2cccc3ccccc23)=C1. The van der Waals surface area contributed by atoms with Crippen LogP contribution in [0.25, 0.3) is 54.2 Å². The van der Waals surface area contributed by atoms with Crippen molar-refractivity contribution in [3.05, 3.63) is 375 Å². The second-order valence-electron chi connectivity index (χ2n) is 23.6. The Bertz CT molecular complexity index is 5230. The van der Waals surface area contributed by atoms with Gasteiger partial charge in [-0.25, -0.2) is 0 Å². The van der Waals surface area contributed by atoms with E-state index in [2.05, 4.69) is 311 Å². The van der Waals surface area contributed by atoms with Crippen LogP contribution in [0.4, 0.5) is 56.9 Å². The van der Waals surface area contributed by atoms with Gasteiger partial charge in [-0.15, -0.1) is 0 Å².